The number of pyridine rings is 1. The number of rotatable bonds is 1. The number of hydrogen-bond acceptors (Lipinski definition) is 3. The van der Waals surface area contributed by atoms with Gasteiger partial charge in [-0.05, 0) is 49.5 Å². The number of nitriles is 1. The molecule has 0 aliphatic heterocycles. The number of hydrogen-bond donors (Lipinski definition) is 1. The number of aromatic nitrogens is 3. The zero-order chi connectivity index (χ0) is 14.3. The van der Waals surface area contributed by atoms with E-state index in [1.54, 1.807) is 22.8 Å². The summed E-state index contributed by atoms with van der Waals surface area (Å²) >= 11 is 11.6. The fourth-order valence-electron chi connectivity index (χ4n) is 2.06. The number of H-pyrrole nitrogens is 1. The van der Waals surface area contributed by atoms with Gasteiger partial charge >= 0.3 is 0 Å². The second-order valence-corrected chi connectivity index (χ2v) is 5.16. The van der Waals surface area contributed by atoms with Gasteiger partial charge in [-0.1, -0.05) is 11.6 Å². The van der Waals surface area contributed by atoms with Crippen LogP contribution in [-0.4, -0.2) is 14.5 Å². The van der Waals surface area contributed by atoms with Crippen molar-refractivity contribution < 1.29 is 0 Å². The van der Waals surface area contributed by atoms with Crippen LogP contribution in [-0.2, 0) is 0 Å². The van der Waals surface area contributed by atoms with Gasteiger partial charge in [-0.25, -0.2) is 4.98 Å². The Bertz CT molecular complexity index is 917. The minimum Gasteiger partial charge on any atom is -0.329 e. The number of imidazole rings is 1. The molecular formula is C14H9ClN4S. The molecule has 0 amide bonds. The third-order valence-electron chi connectivity index (χ3n) is 2.99. The number of fused-ring (bicyclic) bond motifs is 1. The molecule has 6 heteroatoms. The van der Waals surface area contributed by atoms with Gasteiger partial charge in [0.2, 0.25) is 0 Å². The van der Waals surface area contributed by atoms with Gasteiger partial charge in [0, 0.05) is 5.69 Å². The van der Waals surface area contributed by atoms with Crippen molar-refractivity contribution in [2.24, 2.45) is 0 Å². The highest BCUT2D eigenvalue weighted by molar-refractivity contribution is 7.71. The van der Waals surface area contributed by atoms with Gasteiger partial charge in [-0.15, -0.1) is 0 Å². The molecule has 0 saturated heterocycles. The van der Waals surface area contributed by atoms with Crippen molar-refractivity contribution in [3.63, 3.8) is 0 Å². The van der Waals surface area contributed by atoms with Gasteiger partial charge < -0.3 is 4.98 Å². The zero-order valence-corrected chi connectivity index (χ0v) is 12.1. The summed E-state index contributed by atoms with van der Waals surface area (Å²) in [5.74, 6) is 0. The molecule has 1 N–H and O–H groups in total. The molecule has 20 heavy (non-hydrogen) atoms. The minimum atomic E-state index is 0.495. The summed E-state index contributed by atoms with van der Waals surface area (Å²) in [6, 6.07) is 11.0. The largest absolute Gasteiger partial charge is 0.329 e. The number of aryl methyl sites for hydroxylation is 1. The molecule has 2 heterocycles. The summed E-state index contributed by atoms with van der Waals surface area (Å²) in [7, 11) is 0. The predicted molar refractivity (Wildman–Crippen MR) is 80.7 cm³/mol. The van der Waals surface area contributed by atoms with E-state index in [-0.39, 0.29) is 0 Å². The van der Waals surface area contributed by atoms with E-state index in [1.807, 2.05) is 19.1 Å². The Morgan fingerprint density at radius 1 is 1.35 bits per heavy atom. The maximum Gasteiger partial charge on any atom is 0.184 e. The van der Waals surface area contributed by atoms with E-state index in [0.29, 0.717) is 26.7 Å². The normalized spacial score (nSPS) is 10.7. The highest BCUT2D eigenvalue weighted by atomic mass is 35.5. The molecule has 0 saturated carbocycles. The molecule has 0 spiro atoms. The molecule has 1 aromatic carbocycles. The zero-order valence-electron chi connectivity index (χ0n) is 10.5. The summed E-state index contributed by atoms with van der Waals surface area (Å²) in [6.45, 7) is 1.91. The fraction of sp³-hybridized carbons (Fsp3) is 0.0714. The van der Waals surface area contributed by atoms with Gasteiger partial charge in [0.1, 0.15) is 0 Å². The van der Waals surface area contributed by atoms with Crippen LogP contribution in [0.25, 0.3) is 16.9 Å². The standard InChI is InChI=1S/C14H9ClN4S/c1-8-2-5-11-13(17-8)19(14(20)18-11)12-6-9(7-16)3-4-10(12)15/h2-6H,1H3,(H,18,20). The summed E-state index contributed by atoms with van der Waals surface area (Å²) in [5.41, 5.74) is 3.59. The van der Waals surface area contributed by atoms with Crippen molar-refractivity contribution in [1.29, 1.82) is 5.26 Å². The lowest BCUT2D eigenvalue weighted by molar-refractivity contribution is 1.03. The van der Waals surface area contributed by atoms with Crippen LogP contribution in [0, 0.1) is 23.0 Å². The molecule has 98 valence electrons. The minimum absolute atomic E-state index is 0.495. The quantitative estimate of drug-likeness (QED) is 0.693. The Labute approximate surface area is 125 Å². The number of nitrogens with one attached hydrogen (secondary N) is 1. The summed E-state index contributed by atoms with van der Waals surface area (Å²) in [4.78, 5) is 7.58. The van der Waals surface area contributed by atoms with E-state index < -0.39 is 0 Å². The molecule has 0 fully saturated rings. The molecule has 3 rings (SSSR count). The van der Waals surface area contributed by atoms with Crippen molar-refractivity contribution in [2.75, 3.05) is 0 Å². The molecular weight excluding hydrogens is 292 g/mol. The van der Waals surface area contributed by atoms with Crippen LogP contribution in [0.2, 0.25) is 5.02 Å². The maximum atomic E-state index is 9.03. The van der Waals surface area contributed by atoms with Crippen molar-refractivity contribution in [3.05, 3.63) is 51.4 Å². The molecule has 0 aliphatic rings. The van der Waals surface area contributed by atoms with Crippen molar-refractivity contribution in [1.82, 2.24) is 14.5 Å². The highest BCUT2D eigenvalue weighted by Crippen LogP contribution is 2.25. The first-order valence-electron chi connectivity index (χ1n) is 5.88. The number of nitrogens with zero attached hydrogens (tertiary/aromatic N) is 3. The van der Waals surface area contributed by atoms with Gasteiger partial charge in [0.15, 0.2) is 10.4 Å². The molecule has 0 aliphatic carbocycles. The second-order valence-electron chi connectivity index (χ2n) is 4.37. The van der Waals surface area contributed by atoms with Crippen LogP contribution >= 0.6 is 23.8 Å². The molecule has 0 bridgehead atoms. The maximum absolute atomic E-state index is 9.03. The van der Waals surface area contributed by atoms with Gasteiger partial charge in [-0.2, -0.15) is 5.26 Å². The van der Waals surface area contributed by atoms with Crippen molar-refractivity contribution in [2.45, 2.75) is 6.92 Å². The molecule has 0 atom stereocenters. The van der Waals surface area contributed by atoms with Crippen molar-refractivity contribution >= 4 is 35.0 Å². The Morgan fingerprint density at radius 2 is 2.15 bits per heavy atom. The van der Waals surface area contributed by atoms with Crippen LogP contribution in [0.4, 0.5) is 0 Å². The molecule has 2 aromatic heterocycles. The monoisotopic (exact) mass is 300 g/mol. The Balaban J connectivity index is 2.40. The second kappa shape index (κ2) is 4.75. The van der Waals surface area contributed by atoms with E-state index in [1.165, 1.54) is 0 Å². The predicted octanol–water partition coefficient (Wildman–Crippen LogP) is 3.92. The van der Waals surface area contributed by atoms with Crippen LogP contribution in [0.15, 0.2) is 30.3 Å². The number of aromatic amines is 1. The number of benzene rings is 1. The lowest BCUT2D eigenvalue weighted by Crippen LogP contribution is -1.98. The summed E-state index contributed by atoms with van der Waals surface area (Å²) in [5, 5.41) is 9.54. The topological polar surface area (TPSA) is 57.4 Å². The Hall–Kier alpha value is -2.16. The van der Waals surface area contributed by atoms with E-state index in [0.717, 1.165) is 11.2 Å². The van der Waals surface area contributed by atoms with Crippen molar-refractivity contribution in [3.8, 4) is 11.8 Å². The molecule has 4 nitrogen and oxygen atoms in total. The Kier molecular flexibility index (Phi) is 3.05. The third-order valence-corrected chi connectivity index (χ3v) is 3.59. The van der Waals surface area contributed by atoms with E-state index in [9.17, 15) is 0 Å². The highest BCUT2D eigenvalue weighted by Gasteiger charge is 2.12. The first-order valence-corrected chi connectivity index (χ1v) is 6.67. The average molecular weight is 301 g/mol. The van der Waals surface area contributed by atoms with Crippen LogP contribution in [0.3, 0.4) is 0 Å². The first kappa shape index (κ1) is 12.9. The first-order chi connectivity index (χ1) is 9.60. The summed E-state index contributed by atoms with van der Waals surface area (Å²) in [6.07, 6.45) is 0. The SMILES string of the molecule is Cc1ccc2[nH]c(=S)n(-c3cc(C#N)ccc3Cl)c2n1. The Morgan fingerprint density at radius 3 is 2.90 bits per heavy atom. The number of halogens is 1. The molecule has 3 aromatic rings. The van der Waals surface area contributed by atoms with Gasteiger partial charge in [-0.3, -0.25) is 4.57 Å². The third kappa shape index (κ3) is 1.99. The van der Waals surface area contributed by atoms with Crippen LogP contribution in [0.5, 0.6) is 0 Å². The van der Waals surface area contributed by atoms with Crippen LogP contribution < -0.4 is 0 Å². The van der Waals surface area contributed by atoms with Crippen LogP contribution in [0.1, 0.15) is 11.3 Å². The van der Waals surface area contributed by atoms with E-state index in [4.69, 9.17) is 29.1 Å². The fourth-order valence-corrected chi connectivity index (χ4v) is 2.55. The summed E-state index contributed by atoms with van der Waals surface area (Å²) < 4.78 is 2.25. The van der Waals surface area contributed by atoms with E-state index in [2.05, 4.69) is 16.0 Å². The lowest BCUT2D eigenvalue weighted by atomic mass is 10.2. The smallest absolute Gasteiger partial charge is 0.184 e. The van der Waals surface area contributed by atoms with Gasteiger partial charge in [0.05, 0.1) is 27.9 Å². The molecule has 0 radical (unpaired) electrons. The average Bonchev–Trinajstić information content (AvgIpc) is 2.75. The van der Waals surface area contributed by atoms with Gasteiger partial charge in [0.25, 0.3) is 0 Å². The van der Waals surface area contributed by atoms with E-state index >= 15 is 0 Å². The molecule has 0 unspecified atom stereocenters. The lowest BCUT2D eigenvalue weighted by Gasteiger charge is -2.07.